The van der Waals surface area contributed by atoms with Crippen LogP contribution in [0.15, 0.2) is 48.5 Å². The lowest BCUT2D eigenvalue weighted by molar-refractivity contribution is 1.14. The monoisotopic (exact) mass is 526 g/mol. The molecule has 0 fully saturated rings. The van der Waals surface area contributed by atoms with Crippen LogP contribution >= 0.6 is 0 Å². The van der Waals surface area contributed by atoms with Crippen molar-refractivity contribution >= 4 is 44.4 Å². The van der Waals surface area contributed by atoms with Crippen molar-refractivity contribution in [1.82, 2.24) is 19.9 Å². The predicted molar refractivity (Wildman–Crippen MR) is 171 cm³/mol. The van der Waals surface area contributed by atoms with Crippen molar-refractivity contribution in [3.63, 3.8) is 0 Å². The molecule has 0 unspecified atom stereocenters. The Kier molecular flexibility index (Phi) is 6.37. The standard InChI is InChI=1S/C36H38N4/c1-9-26-23(7)30-16-28-19(3)21(5)35(39-28)34(25-14-12-11-13-15-25)36-22(6)20(4)29(40-36)17-31-24(8)27(10-2)33(38-31)18-32(26)37-30/h11-18,37,39H,9-10H2,1-8H3. The van der Waals surface area contributed by atoms with E-state index in [1.165, 1.54) is 44.5 Å². The van der Waals surface area contributed by atoms with Crippen molar-refractivity contribution < 1.29 is 0 Å². The van der Waals surface area contributed by atoms with E-state index in [9.17, 15) is 0 Å². The van der Waals surface area contributed by atoms with Crippen molar-refractivity contribution in [2.75, 3.05) is 0 Å². The Hall–Kier alpha value is -4.18. The fourth-order valence-electron chi connectivity index (χ4n) is 6.30. The molecule has 202 valence electrons. The highest BCUT2D eigenvalue weighted by molar-refractivity contribution is 6.01. The van der Waals surface area contributed by atoms with Crippen LogP contribution in [-0.2, 0) is 6.42 Å². The van der Waals surface area contributed by atoms with Crippen molar-refractivity contribution in [3.05, 3.63) is 93.6 Å². The van der Waals surface area contributed by atoms with E-state index in [1.54, 1.807) is 0 Å². The summed E-state index contributed by atoms with van der Waals surface area (Å²) in [6.07, 6.45) is 1.89. The van der Waals surface area contributed by atoms with Crippen molar-refractivity contribution in [2.24, 2.45) is 0 Å². The van der Waals surface area contributed by atoms with Crippen LogP contribution in [0.25, 0.3) is 55.5 Å². The average molecular weight is 527 g/mol. The van der Waals surface area contributed by atoms with E-state index < -0.39 is 0 Å². The molecule has 4 aromatic rings. The molecule has 0 saturated carbocycles. The van der Waals surface area contributed by atoms with Gasteiger partial charge >= 0.3 is 0 Å². The lowest BCUT2D eigenvalue weighted by atomic mass is 9.97. The van der Waals surface area contributed by atoms with Gasteiger partial charge in [-0.15, -0.1) is 0 Å². The highest BCUT2D eigenvalue weighted by atomic mass is 14.8. The summed E-state index contributed by atoms with van der Waals surface area (Å²) in [6.45, 7) is 17.7. The summed E-state index contributed by atoms with van der Waals surface area (Å²) in [5, 5.41) is 0. The van der Waals surface area contributed by atoms with E-state index in [0.29, 0.717) is 0 Å². The van der Waals surface area contributed by atoms with Crippen molar-refractivity contribution in [3.8, 4) is 11.1 Å². The third kappa shape index (κ3) is 3.97. The molecule has 2 aliphatic rings. The number of hydrogen-bond donors (Lipinski definition) is 2. The number of allylic oxidation sites excluding steroid dienone is 4. The Balaban J connectivity index is 1.87. The van der Waals surface area contributed by atoms with Gasteiger partial charge in [0.25, 0.3) is 0 Å². The van der Waals surface area contributed by atoms with Gasteiger partial charge in [-0.25, -0.2) is 9.97 Å². The smallest absolute Gasteiger partial charge is 0.0768 e. The number of aryl methyl sites for hydroxylation is 4. The zero-order valence-electron chi connectivity index (χ0n) is 24.9. The largest absolute Gasteiger partial charge is 0.355 e. The molecule has 3 aromatic heterocycles. The summed E-state index contributed by atoms with van der Waals surface area (Å²) in [5.41, 5.74) is 21.0. The molecule has 0 spiro atoms. The minimum absolute atomic E-state index is 0.936. The van der Waals surface area contributed by atoms with Gasteiger partial charge in [-0.05, 0) is 123 Å². The fraction of sp³-hybridized carbons (Fsp3) is 0.278. The van der Waals surface area contributed by atoms with Gasteiger partial charge in [0.2, 0.25) is 0 Å². The van der Waals surface area contributed by atoms with Crippen LogP contribution in [0.3, 0.4) is 0 Å². The SMILES string of the molecule is CCC1=C(C)c2cc3nc(c(-c4ccccc4)c4[nH]c(cc5[nH]c(cc1n2)c(CC)c5C)c(C)c4C)C(C)=C3C. The third-order valence-electron chi connectivity index (χ3n) is 9.07. The van der Waals surface area contributed by atoms with E-state index in [-0.39, 0.29) is 0 Å². The molecule has 0 amide bonds. The van der Waals surface area contributed by atoms with Gasteiger partial charge in [0, 0.05) is 22.1 Å². The topological polar surface area (TPSA) is 57.4 Å². The highest BCUT2D eigenvalue weighted by Crippen LogP contribution is 2.40. The van der Waals surface area contributed by atoms with Crippen LogP contribution in [0, 0.1) is 20.8 Å². The molecule has 2 aliphatic heterocycles. The first kappa shape index (κ1) is 26.1. The van der Waals surface area contributed by atoms with Crippen molar-refractivity contribution in [1.29, 1.82) is 0 Å². The van der Waals surface area contributed by atoms with Gasteiger partial charge in [-0.1, -0.05) is 44.2 Å². The number of fused-ring (bicyclic) bond motifs is 8. The minimum Gasteiger partial charge on any atom is -0.355 e. The molecule has 0 aliphatic carbocycles. The summed E-state index contributed by atoms with van der Waals surface area (Å²) in [6, 6.07) is 17.4. The Morgan fingerprint density at radius 2 is 1.30 bits per heavy atom. The Morgan fingerprint density at radius 3 is 2.00 bits per heavy atom. The number of nitrogens with one attached hydrogen (secondary N) is 2. The molecular weight excluding hydrogens is 488 g/mol. The molecular formula is C36H38N4. The number of H-pyrrole nitrogens is 2. The normalized spacial score (nSPS) is 13.5. The zero-order chi connectivity index (χ0) is 28.3. The molecule has 4 nitrogen and oxygen atoms in total. The maximum Gasteiger partial charge on any atom is 0.0768 e. The van der Waals surface area contributed by atoms with E-state index in [0.717, 1.165) is 68.8 Å². The Bertz CT molecular complexity index is 1910. The summed E-state index contributed by atoms with van der Waals surface area (Å²) >= 11 is 0. The van der Waals surface area contributed by atoms with Crippen LogP contribution in [-0.4, -0.2) is 19.9 Å². The van der Waals surface area contributed by atoms with E-state index in [1.807, 2.05) is 0 Å². The van der Waals surface area contributed by atoms with Gasteiger partial charge < -0.3 is 9.97 Å². The molecule has 4 heteroatoms. The minimum atomic E-state index is 0.936. The second kappa shape index (κ2) is 9.78. The average Bonchev–Trinajstić information content (AvgIpc) is 3.60. The molecule has 1 aromatic carbocycles. The Labute approximate surface area is 237 Å². The first-order chi connectivity index (χ1) is 19.2. The Morgan fingerprint density at radius 1 is 0.600 bits per heavy atom. The molecule has 5 heterocycles. The van der Waals surface area contributed by atoms with Crippen LogP contribution in [0.4, 0.5) is 0 Å². The number of aromatic nitrogens is 4. The van der Waals surface area contributed by atoms with Gasteiger partial charge in [-0.3, -0.25) is 0 Å². The number of aromatic amines is 2. The lowest BCUT2D eigenvalue weighted by Crippen LogP contribution is -1.89. The summed E-state index contributed by atoms with van der Waals surface area (Å²) in [7, 11) is 0. The van der Waals surface area contributed by atoms with Crippen LogP contribution in [0.2, 0.25) is 0 Å². The van der Waals surface area contributed by atoms with E-state index in [2.05, 4.69) is 114 Å². The quantitative estimate of drug-likeness (QED) is 0.279. The van der Waals surface area contributed by atoms with Gasteiger partial charge in [-0.2, -0.15) is 0 Å². The summed E-state index contributed by atoms with van der Waals surface area (Å²) in [4.78, 5) is 18.1. The predicted octanol–water partition coefficient (Wildman–Crippen LogP) is 9.76. The number of rotatable bonds is 3. The van der Waals surface area contributed by atoms with Gasteiger partial charge in [0.15, 0.2) is 0 Å². The number of benzene rings is 1. The molecule has 2 N–H and O–H groups in total. The zero-order valence-corrected chi connectivity index (χ0v) is 24.9. The summed E-state index contributed by atoms with van der Waals surface area (Å²) < 4.78 is 0. The fourth-order valence-corrected chi connectivity index (χ4v) is 6.30. The molecule has 0 saturated heterocycles. The maximum absolute atomic E-state index is 5.31. The van der Waals surface area contributed by atoms with Crippen molar-refractivity contribution in [2.45, 2.75) is 68.2 Å². The third-order valence-corrected chi connectivity index (χ3v) is 9.07. The van der Waals surface area contributed by atoms with Crippen LogP contribution < -0.4 is 0 Å². The molecule has 0 atom stereocenters. The van der Waals surface area contributed by atoms with Gasteiger partial charge in [0.1, 0.15) is 0 Å². The van der Waals surface area contributed by atoms with E-state index in [4.69, 9.17) is 9.97 Å². The van der Waals surface area contributed by atoms with Crippen LogP contribution in [0.1, 0.15) is 86.1 Å². The number of nitrogens with zero attached hydrogens (tertiary/aromatic N) is 2. The molecule has 40 heavy (non-hydrogen) atoms. The van der Waals surface area contributed by atoms with Crippen LogP contribution in [0.5, 0.6) is 0 Å². The first-order valence-electron chi connectivity index (χ1n) is 14.4. The first-order valence-corrected chi connectivity index (χ1v) is 14.4. The summed E-state index contributed by atoms with van der Waals surface area (Å²) in [5.74, 6) is 0. The molecule has 0 radical (unpaired) electrons. The maximum atomic E-state index is 5.31. The molecule has 8 bridgehead atoms. The second-order valence-electron chi connectivity index (χ2n) is 11.2. The molecule has 6 rings (SSSR count). The second-order valence-corrected chi connectivity index (χ2v) is 11.2. The van der Waals surface area contributed by atoms with Gasteiger partial charge in [0.05, 0.1) is 28.3 Å². The highest BCUT2D eigenvalue weighted by Gasteiger charge is 2.22. The number of hydrogen-bond acceptors (Lipinski definition) is 2. The van der Waals surface area contributed by atoms with E-state index >= 15 is 0 Å². The lowest BCUT2D eigenvalue weighted by Gasteiger charge is -2.07.